The second kappa shape index (κ2) is 7.66. The Bertz CT molecular complexity index is 856. The van der Waals surface area contributed by atoms with Gasteiger partial charge in [-0.05, 0) is 32.0 Å². The van der Waals surface area contributed by atoms with Crippen LogP contribution in [0, 0.1) is 6.92 Å². The molecule has 0 atom stereocenters. The Morgan fingerprint density at radius 2 is 1.84 bits per heavy atom. The van der Waals surface area contributed by atoms with Gasteiger partial charge in [-0.1, -0.05) is 36.4 Å². The minimum absolute atomic E-state index is 0.147. The predicted molar refractivity (Wildman–Crippen MR) is 97.1 cm³/mol. The maximum absolute atomic E-state index is 12.5. The lowest BCUT2D eigenvalue weighted by Crippen LogP contribution is -2.23. The van der Waals surface area contributed by atoms with Crippen molar-refractivity contribution in [3.8, 4) is 11.4 Å². The standard InChI is InChI=1S/C20H21N3O2/c1-3-25-19-12-8-7-9-16(19)13-21-20(24)18-14-22-23(15(18)2)17-10-5-4-6-11-17/h4-12,14H,3,13H2,1-2H3,(H,21,24). The molecule has 0 aliphatic rings. The SMILES string of the molecule is CCOc1ccccc1CNC(=O)c1cnn(-c2ccccc2)c1C. The zero-order valence-electron chi connectivity index (χ0n) is 14.4. The first kappa shape index (κ1) is 16.8. The molecule has 0 bridgehead atoms. The van der Waals surface area contributed by atoms with E-state index < -0.39 is 0 Å². The molecular formula is C20H21N3O2. The molecule has 0 radical (unpaired) electrons. The summed E-state index contributed by atoms with van der Waals surface area (Å²) in [5.74, 6) is 0.646. The van der Waals surface area contributed by atoms with Crippen molar-refractivity contribution < 1.29 is 9.53 Å². The van der Waals surface area contributed by atoms with Crippen molar-refractivity contribution in [2.24, 2.45) is 0 Å². The lowest BCUT2D eigenvalue weighted by atomic mass is 10.2. The number of rotatable bonds is 6. The number of hydrogen-bond acceptors (Lipinski definition) is 3. The molecule has 1 amide bonds. The molecule has 3 rings (SSSR count). The van der Waals surface area contributed by atoms with Crippen LogP contribution in [0.4, 0.5) is 0 Å². The highest BCUT2D eigenvalue weighted by molar-refractivity contribution is 5.95. The number of carbonyl (C=O) groups is 1. The van der Waals surface area contributed by atoms with Crippen molar-refractivity contribution in [2.75, 3.05) is 6.61 Å². The van der Waals surface area contributed by atoms with Gasteiger partial charge in [0.2, 0.25) is 0 Å². The Morgan fingerprint density at radius 3 is 2.60 bits per heavy atom. The molecule has 3 aromatic rings. The maximum Gasteiger partial charge on any atom is 0.255 e. The average Bonchev–Trinajstić information content (AvgIpc) is 3.03. The molecule has 25 heavy (non-hydrogen) atoms. The van der Waals surface area contributed by atoms with E-state index in [4.69, 9.17) is 4.74 Å². The largest absolute Gasteiger partial charge is 0.494 e. The first-order chi connectivity index (χ1) is 12.2. The second-order valence-electron chi connectivity index (χ2n) is 5.61. The molecule has 0 fully saturated rings. The molecule has 5 nitrogen and oxygen atoms in total. The Morgan fingerprint density at radius 1 is 1.12 bits per heavy atom. The van der Waals surface area contributed by atoms with Crippen LogP contribution < -0.4 is 10.1 Å². The van der Waals surface area contributed by atoms with E-state index in [1.807, 2.05) is 68.4 Å². The molecule has 5 heteroatoms. The zero-order chi connectivity index (χ0) is 17.6. The van der Waals surface area contributed by atoms with E-state index in [2.05, 4.69) is 10.4 Å². The summed E-state index contributed by atoms with van der Waals surface area (Å²) >= 11 is 0. The van der Waals surface area contributed by atoms with Crippen LogP contribution in [0.25, 0.3) is 5.69 Å². The van der Waals surface area contributed by atoms with Crippen LogP contribution in [0.3, 0.4) is 0 Å². The summed E-state index contributed by atoms with van der Waals surface area (Å²) < 4.78 is 7.36. The van der Waals surface area contributed by atoms with Gasteiger partial charge in [0.25, 0.3) is 5.91 Å². The van der Waals surface area contributed by atoms with Gasteiger partial charge in [0, 0.05) is 12.1 Å². The van der Waals surface area contributed by atoms with Crippen LogP contribution >= 0.6 is 0 Å². The number of ether oxygens (including phenoxy) is 1. The molecule has 1 heterocycles. The summed E-state index contributed by atoms with van der Waals surface area (Å²) in [5, 5.41) is 7.29. The van der Waals surface area contributed by atoms with Crippen LogP contribution in [0.5, 0.6) is 5.75 Å². The minimum Gasteiger partial charge on any atom is -0.494 e. The molecule has 1 aromatic heterocycles. The number of nitrogens with one attached hydrogen (secondary N) is 1. The van der Waals surface area contributed by atoms with Crippen LogP contribution in [0.1, 0.15) is 28.5 Å². The number of nitrogens with zero attached hydrogens (tertiary/aromatic N) is 2. The van der Waals surface area contributed by atoms with Crippen molar-refractivity contribution >= 4 is 5.91 Å². The lowest BCUT2D eigenvalue weighted by Gasteiger charge is -2.11. The molecule has 0 saturated heterocycles. The topological polar surface area (TPSA) is 56.1 Å². The van der Waals surface area contributed by atoms with Crippen molar-refractivity contribution in [2.45, 2.75) is 20.4 Å². The molecule has 0 unspecified atom stereocenters. The van der Waals surface area contributed by atoms with Gasteiger partial charge in [-0.25, -0.2) is 4.68 Å². The third-order valence-electron chi connectivity index (χ3n) is 3.97. The third-order valence-corrected chi connectivity index (χ3v) is 3.97. The molecule has 128 valence electrons. The number of para-hydroxylation sites is 2. The molecular weight excluding hydrogens is 314 g/mol. The fraction of sp³-hybridized carbons (Fsp3) is 0.200. The number of carbonyl (C=O) groups excluding carboxylic acids is 1. The smallest absolute Gasteiger partial charge is 0.255 e. The second-order valence-corrected chi connectivity index (χ2v) is 5.61. The Labute approximate surface area is 147 Å². The Kier molecular flexibility index (Phi) is 5.14. The van der Waals surface area contributed by atoms with Crippen molar-refractivity contribution in [3.05, 3.63) is 77.6 Å². The van der Waals surface area contributed by atoms with Crippen LogP contribution in [-0.2, 0) is 6.54 Å². The van der Waals surface area contributed by atoms with E-state index in [-0.39, 0.29) is 5.91 Å². The molecule has 0 spiro atoms. The summed E-state index contributed by atoms with van der Waals surface area (Å²) in [6.45, 7) is 4.83. The zero-order valence-corrected chi connectivity index (χ0v) is 14.4. The van der Waals surface area contributed by atoms with Gasteiger partial charge < -0.3 is 10.1 Å². The minimum atomic E-state index is -0.147. The fourth-order valence-corrected chi connectivity index (χ4v) is 2.68. The highest BCUT2D eigenvalue weighted by Crippen LogP contribution is 2.18. The highest BCUT2D eigenvalue weighted by Gasteiger charge is 2.15. The van der Waals surface area contributed by atoms with Gasteiger partial charge in [-0.3, -0.25) is 4.79 Å². The number of benzene rings is 2. The third kappa shape index (κ3) is 3.71. The molecule has 1 N–H and O–H groups in total. The first-order valence-electron chi connectivity index (χ1n) is 8.29. The van der Waals surface area contributed by atoms with Crippen LogP contribution in [0.2, 0.25) is 0 Å². The molecule has 2 aromatic carbocycles. The quantitative estimate of drug-likeness (QED) is 0.750. The van der Waals surface area contributed by atoms with Gasteiger partial charge in [-0.2, -0.15) is 5.10 Å². The van der Waals surface area contributed by atoms with Gasteiger partial charge >= 0.3 is 0 Å². The van der Waals surface area contributed by atoms with Crippen LogP contribution in [-0.4, -0.2) is 22.3 Å². The summed E-state index contributed by atoms with van der Waals surface area (Å²) in [4.78, 5) is 12.5. The monoisotopic (exact) mass is 335 g/mol. The van der Waals surface area contributed by atoms with E-state index in [1.54, 1.807) is 10.9 Å². The van der Waals surface area contributed by atoms with Crippen LogP contribution in [0.15, 0.2) is 60.8 Å². The predicted octanol–water partition coefficient (Wildman–Crippen LogP) is 3.51. The maximum atomic E-state index is 12.5. The van der Waals surface area contributed by atoms with Crippen molar-refractivity contribution in [1.82, 2.24) is 15.1 Å². The van der Waals surface area contributed by atoms with Gasteiger partial charge in [0.05, 0.1) is 29.7 Å². The van der Waals surface area contributed by atoms with Gasteiger partial charge in [0.1, 0.15) is 5.75 Å². The van der Waals surface area contributed by atoms with Crippen molar-refractivity contribution in [1.29, 1.82) is 0 Å². The summed E-state index contributed by atoms with van der Waals surface area (Å²) in [7, 11) is 0. The molecule has 0 aliphatic heterocycles. The normalized spacial score (nSPS) is 10.5. The molecule has 0 saturated carbocycles. The fourth-order valence-electron chi connectivity index (χ4n) is 2.68. The summed E-state index contributed by atoms with van der Waals surface area (Å²) in [6, 6.07) is 17.5. The number of aromatic nitrogens is 2. The van der Waals surface area contributed by atoms with Gasteiger partial charge in [-0.15, -0.1) is 0 Å². The summed E-state index contributed by atoms with van der Waals surface area (Å²) in [6.07, 6.45) is 1.60. The lowest BCUT2D eigenvalue weighted by molar-refractivity contribution is 0.0950. The Balaban J connectivity index is 1.74. The highest BCUT2D eigenvalue weighted by atomic mass is 16.5. The van der Waals surface area contributed by atoms with E-state index in [0.717, 1.165) is 22.7 Å². The van der Waals surface area contributed by atoms with E-state index in [9.17, 15) is 4.79 Å². The summed E-state index contributed by atoms with van der Waals surface area (Å²) in [5.41, 5.74) is 3.26. The molecule has 0 aliphatic carbocycles. The van der Waals surface area contributed by atoms with Crippen molar-refractivity contribution in [3.63, 3.8) is 0 Å². The average molecular weight is 335 g/mol. The van der Waals surface area contributed by atoms with E-state index in [1.165, 1.54) is 0 Å². The number of hydrogen-bond donors (Lipinski definition) is 1. The van der Waals surface area contributed by atoms with E-state index >= 15 is 0 Å². The Hall–Kier alpha value is -3.08. The number of amides is 1. The van der Waals surface area contributed by atoms with Gasteiger partial charge in [0.15, 0.2) is 0 Å². The first-order valence-corrected chi connectivity index (χ1v) is 8.29. The van der Waals surface area contributed by atoms with E-state index in [0.29, 0.717) is 18.7 Å².